The number of fused-ring (bicyclic) bond motifs is 2. The molecule has 0 radical (unpaired) electrons. The molecule has 2 aliphatic heterocycles. The molecule has 0 spiro atoms. The molecule has 0 unspecified atom stereocenters. The summed E-state index contributed by atoms with van der Waals surface area (Å²) in [5, 5.41) is 3.93. The van der Waals surface area contributed by atoms with Gasteiger partial charge in [-0.1, -0.05) is 0 Å². The van der Waals surface area contributed by atoms with Crippen molar-refractivity contribution in [1.29, 1.82) is 0 Å². The first-order valence-electron chi connectivity index (χ1n) is 14.3. The molecule has 0 N–H and O–H groups in total. The molecule has 12 heteroatoms. The summed E-state index contributed by atoms with van der Waals surface area (Å²) < 4.78 is 58.6. The number of ether oxygens (including phenoxy) is 10. The van der Waals surface area contributed by atoms with Crippen LogP contribution >= 0.6 is 22.7 Å². The van der Waals surface area contributed by atoms with E-state index in [1.54, 1.807) is 22.7 Å². The third-order valence-corrected chi connectivity index (χ3v) is 8.24. The maximum Gasteiger partial charge on any atom is 0.180 e. The second kappa shape index (κ2) is 16.2. The van der Waals surface area contributed by atoms with Crippen LogP contribution in [-0.2, 0) is 18.9 Å². The van der Waals surface area contributed by atoms with Crippen LogP contribution in [0.15, 0.2) is 22.9 Å². The molecule has 0 fully saturated rings. The summed E-state index contributed by atoms with van der Waals surface area (Å²) in [6.07, 6.45) is 0. The molecule has 0 amide bonds. The van der Waals surface area contributed by atoms with Crippen LogP contribution in [0, 0.1) is 0 Å². The minimum atomic E-state index is 0.361. The van der Waals surface area contributed by atoms with E-state index in [2.05, 4.69) is 0 Å². The maximum absolute atomic E-state index is 6.36. The minimum Gasteiger partial charge on any atom is -0.490 e. The van der Waals surface area contributed by atoms with Gasteiger partial charge in [0.2, 0.25) is 0 Å². The average molecular weight is 623 g/mol. The van der Waals surface area contributed by atoms with Crippen molar-refractivity contribution in [1.82, 2.24) is 0 Å². The Kier molecular flexibility index (Phi) is 11.8. The molecule has 4 heterocycles. The van der Waals surface area contributed by atoms with E-state index in [9.17, 15) is 0 Å². The zero-order valence-corrected chi connectivity index (χ0v) is 25.7. The van der Waals surface area contributed by atoms with Crippen molar-refractivity contribution in [3.63, 3.8) is 0 Å². The molecule has 1 aromatic carbocycles. The van der Waals surface area contributed by atoms with Gasteiger partial charge in [-0.3, -0.25) is 0 Å². The van der Waals surface area contributed by atoms with Crippen LogP contribution in [0.1, 0.15) is 13.8 Å². The standard InChI is InChI=1S/C30H38O10S2/c1-3-31-5-7-33-9-11-35-23-17-22(30-28-26(20-42-30)38-14-16-40-28)24(36-12-10-34-8-6-32-4-2)18-21(23)29-27-25(19-41-29)37-13-15-39-27/h17-20H,3-16H2,1-2H3. The fraction of sp³-hybridized carbons (Fsp3) is 0.533. The summed E-state index contributed by atoms with van der Waals surface area (Å²) in [6.45, 7) is 11.0. The van der Waals surface area contributed by atoms with E-state index in [0.29, 0.717) is 115 Å². The molecule has 5 rings (SSSR count). The topological polar surface area (TPSA) is 92.3 Å². The Morgan fingerprint density at radius 3 is 1.40 bits per heavy atom. The smallest absolute Gasteiger partial charge is 0.180 e. The zero-order chi connectivity index (χ0) is 29.0. The highest BCUT2D eigenvalue weighted by atomic mass is 32.1. The van der Waals surface area contributed by atoms with Crippen molar-refractivity contribution in [2.75, 3.05) is 92.5 Å². The zero-order valence-electron chi connectivity index (χ0n) is 24.1. The molecule has 0 aliphatic carbocycles. The van der Waals surface area contributed by atoms with E-state index >= 15 is 0 Å². The fourth-order valence-corrected chi connectivity index (χ4v) is 6.31. The number of thiophene rings is 2. The molecule has 230 valence electrons. The predicted octanol–water partition coefficient (Wildman–Crippen LogP) is 5.55. The van der Waals surface area contributed by atoms with E-state index in [1.165, 1.54) is 0 Å². The molecule has 42 heavy (non-hydrogen) atoms. The maximum atomic E-state index is 6.36. The third kappa shape index (κ3) is 7.80. The molecule has 2 aliphatic rings. The number of benzene rings is 1. The Morgan fingerprint density at radius 2 is 0.952 bits per heavy atom. The minimum absolute atomic E-state index is 0.361. The van der Waals surface area contributed by atoms with Gasteiger partial charge in [0.25, 0.3) is 0 Å². The number of hydrogen-bond donors (Lipinski definition) is 0. The molecule has 0 atom stereocenters. The Bertz CT molecular complexity index is 1160. The molecule has 0 saturated heterocycles. The first kappa shape index (κ1) is 30.7. The molecule has 0 bridgehead atoms. The van der Waals surface area contributed by atoms with Crippen LogP contribution in [0.5, 0.6) is 34.5 Å². The lowest BCUT2D eigenvalue weighted by Crippen LogP contribution is -2.15. The van der Waals surface area contributed by atoms with Gasteiger partial charge in [-0.15, -0.1) is 22.7 Å². The summed E-state index contributed by atoms with van der Waals surface area (Å²) in [6, 6.07) is 4.00. The van der Waals surface area contributed by atoms with Gasteiger partial charge in [-0.2, -0.15) is 0 Å². The largest absolute Gasteiger partial charge is 0.490 e. The van der Waals surface area contributed by atoms with Gasteiger partial charge in [0, 0.05) is 35.1 Å². The second-order valence-corrected chi connectivity index (χ2v) is 10.8. The first-order valence-corrected chi connectivity index (χ1v) is 16.1. The van der Waals surface area contributed by atoms with Crippen LogP contribution in [0.4, 0.5) is 0 Å². The van der Waals surface area contributed by atoms with Crippen molar-refractivity contribution in [2.24, 2.45) is 0 Å². The lowest BCUT2D eigenvalue weighted by atomic mass is 10.0. The summed E-state index contributed by atoms with van der Waals surface area (Å²) in [5.41, 5.74) is 1.69. The van der Waals surface area contributed by atoms with Crippen molar-refractivity contribution in [3.05, 3.63) is 22.9 Å². The van der Waals surface area contributed by atoms with E-state index in [-0.39, 0.29) is 0 Å². The number of rotatable bonds is 18. The van der Waals surface area contributed by atoms with Crippen molar-refractivity contribution in [3.8, 4) is 55.4 Å². The van der Waals surface area contributed by atoms with Gasteiger partial charge in [0.15, 0.2) is 23.0 Å². The number of hydrogen-bond acceptors (Lipinski definition) is 12. The van der Waals surface area contributed by atoms with Crippen molar-refractivity contribution >= 4 is 22.7 Å². The Balaban J connectivity index is 1.44. The van der Waals surface area contributed by atoms with Crippen LogP contribution in [-0.4, -0.2) is 92.5 Å². The third-order valence-electron chi connectivity index (χ3n) is 6.30. The lowest BCUT2D eigenvalue weighted by molar-refractivity contribution is 0.0401. The normalized spacial score (nSPS) is 13.8. The molecular weight excluding hydrogens is 584 g/mol. The Hall–Kier alpha value is -2.74. The van der Waals surface area contributed by atoms with Crippen molar-refractivity contribution in [2.45, 2.75) is 13.8 Å². The second-order valence-electron chi connectivity index (χ2n) is 9.07. The van der Waals surface area contributed by atoms with E-state index < -0.39 is 0 Å². The molecular formula is C30H38O10S2. The van der Waals surface area contributed by atoms with Gasteiger partial charge < -0.3 is 47.4 Å². The van der Waals surface area contributed by atoms with E-state index in [0.717, 1.165) is 32.4 Å². The molecule has 3 aromatic rings. The molecule has 2 aromatic heterocycles. The lowest BCUT2D eigenvalue weighted by Gasteiger charge is -2.21. The highest BCUT2D eigenvalue weighted by molar-refractivity contribution is 7.14. The van der Waals surface area contributed by atoms with Crippen LogP contribution in [0.25, 0.3) is 20.9 Å². The predicted molar refractivity (Wildman–Crippen MR) is 161 cm³/mol. The average Bonchev–Trinajstić information content (AvgIpc) is 3.65. The SMILES string of the molecule is CCOCCOCCOc1cc(-c2scc3c2OCCO3)c(OCCOCCOCC)cc1-c1scc2c1OCCO2. The molecule has 10 nitrogen and oxygen atoms in total. The summed E-state index contributed by atoms with van der Waals surface area (Å²) in [5.74, 6) is 4.25. The van der Waals surface area contributed by atoms with Gasteiger partial charge in [-0.05, 0) is 26.0 Å². The Labute approximate surface area is 254 Å². The van der Waals surface area contributed by atoms with E-state index in [4.69, 9.17) is 47.4 Å². The molecule has 0 saturated carbocycles. The van der Waals surface area contributed by atoms with E-state index in [1.807, 2.05) is 36.7 Å². The monoisotopic (exact) mass is 622 g/mol. The van der Waals surface area contributed by atoms with Crippen molar-refractivity contribution < 1.29 is 47.4 Å². The highest BCUT2D eigenvalue weighted by Gasteiger charge is 2.27. The van der Waals surface area contributed by atoms with Crippen LogP contribution < -0.4 is 28.4 Å². The van der Waals surface area contributed by atoms with Gasteiger partial charge >= 0.3 is 0 Å². The summed E-state index contributed by atoms with van der Waals surface area (Å²) in [7, 11) is 0. The first-order chi connectivity index (χ1) is 20.8. The van der Waals surface area contributed by atoms with Crippen LogP contribution in [0.2, 0.25) is 0 Å². The summed E-state index contributed by atoms with van der Waals surface area (Å²) in [4.78, 5) is 1.82. The quantitative estimate of drug-likeness (QED) is 0.168. The summed E-state index contributed by atoms with van der Waals surface area (Å²) >= 11 is 3.09. The van der Waals surface area contributed by atoms with Gasteiger partial charge in [-0.25, -0.2) is 0 Å². The fourth-order valence-electron chi connectivity index (χ4n) is 4.40. The van der Waals surface area contributed by atoms with Gasteiger partial charge in [0.1, 0.15) is 51.1 Å². The van der Waals surface area contributed by atoms with Gasteiger partial charge in [0.05, 0.1) is 49.4 Å². The Morgan fingerprint density at radius 1 is 0.548 bits per heavy atom. The highest BCUT2D eigenvalue weighted by Crippen LogP contribution is 2.53. The van der Waals surface area contributed by atoms with Crippen LogP contribution in [0.3, 0.4) is 0 Å².